The van der Waals surface area contributed by atoms with Crippen molar-refractivity contribution in [2.75, 3.05) is 19.6 Å². The van der Waals surface area contributed by atoms with Gasteiger partial charge in [-0.25, -0.2) is 8.42 Å². The highest BCUT2D eigenvalue weighted by molar-refractivity contribution is 7.89. The van der Waals surface area contributed by atoms with E-state index in [1.54, 1.807) is 13.8 Å². The number of hydrogen-bond acceptors (Lipinski definition) is 4. The van der Waals surface area contributed by atoms with Gasteiger partial charge >= 0.3 is 0 Å². The van der Waals surface area contributed by atoms with Crippen LogP contribution in [0.4, 0.5) is 0 Å². The third-order valence-corrected chi connectivity index (χ3v) is 7.67. The molecule has 3 rings (SSSR count). The van der Waals surface area contributed by atoms with Gasteiger partial charge in [0.1, 0.15) is 0 Å². The van der Waals surface area contributed by atoms with Crippen LogP contribution in [0.2, 0.25) is 0 Å². The van der Waals surface area contributed by atoms with Crippen molar-refractivity contribution in [2.45, 2.75) is 43.5 Å². The number of amides is 2. The Hall–Kier alpha value is -2.71. The standard InChI is InChI=1S/C23H29N3O4S/c1-3-26(4-2)31(29,30)21-12-8-11-18(15-21)23(28)24-16-22(27)25-20-13-19(14-20)17-9-6-5-7-10-17/h5-12,15,19-20H,3-4,13-14,16H2,1-2H3,(H,24,28)(H,25,27). The molecule has 0 aliphatic heterocycles. The summed E-state index contributed by atoms with van der Waals surface area (Å²) in [4.78, 5) is 24.7. The number of sulfonamides is 1. The maximum absolute atomic E-state index is 12.7. The van der Waals surface area contributed by atoms with Gasteiger partial charge in [0.25, 0.3) is 5.91 Å². The quantitative estimate of drug-likeness (QED) is 0.623. The topological polar surface area (TPSA) is 95.6 Å². The zero-order valence-electron chi connectivity index (χ0n) is 17.9. The lowest BCUT2D eigenvalue weighted by atomic mass is 9.76. The fourth-order valence-electron chi connectivity index (χ4n) is 3.78. The Labute approximate surface area is 183 Å². The Balaban J connectivity index is 1.50. The number of rotatable bonds is 9. The molecular formula is C23H29N3O4S. The van der Waals surface area contributed by atoms with E-state index in [1.165, 1.54) is 34.1 Å². The molecule has 0 aromatic heterocycles. The lowest BCUT2D eigenvalue weighted by molar-refractivity contribution is -0.121. The molecule has 2 aromatic carbocycles. The van der Waals surface area contributed by atoms with Gasteiger partial charge in [-0.15, -0.1) is 0 Å². The molecule has 31 heavy (non-hydrogen) atoms. The van der Waals surface area contributed by atoms with E-state index >= 15 is 0 Å². The van der Waals surface area contributed by atoms with Gasteiger partial charge < -0.3 is 10.6 Å². The first-order valence-electron chi connectivity index (χ1n) is 10.6. The van der Waals surface area contributed by atoms with Crippen molar-refractivity contribution >= 4 is 21.8 Å². The smallest absolute Gasteiger partial charge is 0.251 e. The molecule has 0 unspecified atom stereocenters. The summed E-state index contributed by atoms with van der Waals surface area (Å²) in [5.41, 5.74) is 1.48. The number of carbonyl (C=O) groups excluding carboxylic acids is 2. The molecule has 7 nitrogen and oxygen atoms in total. The number of hydrogen-bond donors (Lipinski definition) is 2. The third kappa shape index (κ3) is 5.51. The first-order chi connectivity index (χ1) is 14.8. The summed E-state index contributed by atoms with van der Waals surface area (Å²) in [6.07, 6.45) is 1.77. The van der Waals surface area contributed by atoms with E-state index < -0.39 is 15.9 Å². The summed E-state index contributed by atoms with van der Waals surface area (Å²) in [5.74, 6) is -0.282. The van der Waals surface area contributed by atoms with E-state index in [4.69, 9.17) is 0 Å². The van der Waals surface area contributed by atoms with E-state index in [9.17, 15) is 18.0 Å². The van der Waals surface area contributed by atoms with Gasteiger partial charge in [-0.1, -0.05) is 50.2 Å². The molecule has 0 heterocycles. The Morgan fingerprint density at radius 2 is 1.68 bits per heavy atom. The van der Waals surface area contributed by atoms with Crippen molar-refractivity contribution in [1.29, 1.82) is 0 Å². The molecule has 2 amide bonds. The second-order valence-corrected chi connectivity index (χ2v) is 9.58. The lowest BCUT2D eigenvalue weighted by Gasteiger charge is -2.36. The summed E-state index contributed by atoms with van der Waals surface area (Å²) in [6.45, 7) is 4.07. The highest BCUT2D eigenvalue weighted by Gasteiger charge is 2.31. The minimum absolute atomic E-state index is 0.0646. The Morgan fingerprint density at radius 3 is 2.32 bits per heavy atom. The van der Waals surface area contributed by atoms with Gasteiger partial charge in [-0.3, -0.25) is 9.59 Å². The molecule has 1 aliphatic rings. The maximum Gasteiger partial charge on any atom is 0.251 e. The predicted octanol–water partition coefficient (Wildman–Crippen LogP) is 2.51. The molecule has 2 N–H and O–H groups in total. The number of nitrogens with zero attached hydrogens (tertiary/aromatic N) is 1. The Morgan fingerprint density at radius 1 is 1.00 bits per heavy atom. The van der Waals surface area contributed by atoms with Crippen LogP contribution in [0.3, 0.4) is 0 Å². The second kappa shape index (κ2) is 10.1. The van der Waals surface area contributed by atoms with Gasteiger partial charge in [0, 0.05) is 24.7 Å². The molecule has 8 heteroatoms. The summed E-state index contributed by atoms with van der Waals surface area (Å²) in [5, 5.41) is 5.50. The minimum Gasteiger partial charge on any atom is -0.352 e. The zero-order chi connectivity index (χ0) is 22.4. The van der Waals surface area contributed by atoms with Crippen LogP contribution in [0, 0.1) is 0 Å². The normalized spacial score (nSPS) is 18.3. The van der Waals surface area contributed by atoms with E-state index in [0.29, 0.717) is 19.0 Å². The van der Waals surface area contributed by atoms with Crippen molar-refractivity contribution in [2.24, 2.45) is 0 Å². The van der Waals surface area contributed by atoms with Crippen LogP contribution >= 0.6 is 0 Å². The molecule has 1 aliphatic carbocycles. The Kier molecular flexibility index (Phi) is 7.46. The van der Waals surface area contributed by atoms with Gasteiger partial charge in [-0.05, 0) is 42.5 Å². The van der Waals surface area contributed by atoms with Crippen LogP contribution in [-0.2, 0) is 14.8 Å². The largest absolute Gasteiger partial charge is 0.352 e. The van der Waals surface area contributed by atoms with Crippen LogP contribution in [0.5, 0.6) is 0 Å². The molecule has 0 radical (unpaired) electrons. The summed E-state index contributed by atoms with van der Waals surface area (Å²) >= 11 is 0. The number of nitrogens with one attached hydrogen (secondary N) is 2. The molecular weight excluding hydrogens is 414 g/mol. The van der Waals surface area contributed by atoms with Crippen LogP contribution < -0.4 is 10.6 Å². The average Bonchev–Trinajstić information content (AvgIpc) is 2.75. The highest BCUT2D eigenvalue weighted by Crippen LogP contribution is 2.36. The molecule has 166 valence electrons. The van der Waals surface area contributed by atoms with Crippen molar-refractivity contribution in [3.63, 3.8) is 0 Å². The van der Waals surface area contributed by atoms with Gasteiger partial charge in [-0.2, -0.15) is 4.31 Å². The zero-order valence-corrected chi connectivity index (χ0v) is 18.7. The molecule has 1 saturated carbocycles. The monoisotopic (exact) mass is 443 g/mol. The molecule has 2 aromatic rings. The summed E-state index contributed by atoms with van der Waals surface area (Å²) in [6, 6.07) is 16.2. The van der Waals surface area contributed by atoms with Gasteiger partial charge in [0.15, 0.2) is 0 Å². The fourth-order valence-corrected chi connectivity index (χ4v) is 5.29. The summed E-state index contributed by atoms with van der Waals surface area (Å²) < 4.78 is 26.6. The van der Waals surface area contributed by atoms with Crippen LogP contribution in [-0.4, -0.2) is 50.2 Å². The van der Waals surface area contributed by atoms with Gasteiger partial charge in [0.2, 0.25) is 15.9 Å². The average molecular weight is 444 g/mol. The van der Waals surface area contributed by atoms with Crippen LogP contribution in [0.25, 0.3) is 0 Å². The van der Waals surface area contributed by atoms with Crippen molar-refractivity contribution in [1.82, 2.24) is 14.9 Å². The fraction of sp³-hybridized carbons (Fsp3) is 0.391. The second-order valence-electron chi connectivity index (χ2n) is 7.64. The van der Waals surface area contributed by atoms with Crippen molar-refractivity contribution < 1.29 is 18.0 Å². The SMILES string of the molecule is CCN(CC)S(=O)(=O)c1cccc(C(=O)NCC(=O)NC2CC(c3ccccc3)C2)c1. The number of benzene rings is 2. The highest BCUT2D eigenvalue weighted by atomic mass is 32.2. The predicted molar refractivity (Wildman–Crippen MR) is 119 cm³/mol. The molecule has 0 atom stereocenters. The van der Waals surface area contributed by atoms with E-state index in [2.05, 4.69) is 22.8 Å². The minimum atomic E-state index is -3.65. The first kappa shape index (κ1) is 23.0. The number of carbonyl (C=O) groups is 2. The van der Waals surface area contributed by atoms with Crippen LogP contribution in [0.1, 0.15) is 48.5 Å². The van der Waals surface area contributed by atoms with Crippen molar-refractivity contribution in [3.8, 4) is 0 Å². The molecule has 0 bridgehead atoms. The first-order valence-corrected chi connectivity index (χ1v) is 12.0. The van der Waals surface area contributed by atoms with E-state index in [1.807, 2.05) is 18.2 Å². The van der Waals surface area contributed by atoms with E-state index in [-0.39, 0.29) is 29.0 Å². The van der Waals surface area contributed by atoms with E-state index in [0.717, 1.165) is 12.8 Å². The maximum atomic E-state index is 12.7. The Bertz CT molecular complexity index is 1010. The van der Waals surface area contributed by atoms with Crippen molar-refractivity contribution in [3.05, 3.63) is 65.7 Å². The van der Waals surface area contributed by atoms with Gasteiger partial charge in [0.05, 0.1) is 11.4 Å². The summed E-state index contributed by atoms with van der Waals surface area (Å²) in [7, 11) is -3.65. The van der Waals surface area contributed by atoms with Crippen LogP contribution in [0.15, 0.2) is 59.5 Å². The third-order valence-electron chi connectivity index (χ3n) is 5.62. The lowest BCUT2D eigenvalue weighted by Crippen LogP contribution is -2.47. The molecule has 0 spiro atoms. The molecule has 0 saturated heterocycles. The molecule has 1 fully saturated rings.